The monoisotopic (exact) mass is 366 g/mol. The molecule has 3 rings (SSSR count). The highest BCUT2D eigenvalue weighted by molar-refractivity contribution is 8.00. The number of unbranched alkanes of at least 4 members (excludes halogenated alkanes) is 1. The van der Waals surface area contributed by atoms with Crippen LogP contribution in [0.4, 0.5) is 0 Å². The summed E-state index contributed by atoms with van der Waals surface area (Å²) in [5.41, 5.74) is 1.82. The molecule has 3 aromatic rings. The molecule has 0 amide bonds. The first kappa shape index (κ1) is 16.9. The van der Waals surface area contributed by atoms with Crippen LogP contribution in [0.15, 0.2) is 19.4 Å². The second-order valence-electron chi connectivity index (χ2n) is 5.20. The van der Waals surface area contributed by atoms with Gasteiger partial charge in [-0.2, -0.15) is 0 Å². The molecule has 0 saturated heterocycles. The van der Waals surface area contributed by atoms with Crippen molar-refractivity contribution < 1.29 is 0 Å². The Labute approximate surface area is 146 Å². The molecule has 0 aliphatic rings. The van der Waals surface area contributed by atoms with Gasteiger partial charge in [0.25, 0.3) is 5.56 Å². The zero-order valence-corrected chi connectivity index (χ0v) is 15.1. The van der Waals surface area contributed by atoms with Crippen LogP contribution in [0.25, 0.3) is 11.2 Å². The first-order chi connectivity index (χ1) is 11.7. The van der Waals surface area contributed by atoms with Crippen molar-refractivity contribution in [2.45, 2.75) is 49.9 Å². The minimum Gasteiger partial charge on any atom is -0.322 e. The first-order valence-corrected chi connectivity index (χ1v) is 9.63. The molecule has 0 atom stereocenters. The Morgan fingerprint density at radius 3 is 2.79 bits per heavy atom. The molecule has 0 bridgehead atoms. The molecule has 1 N–H and O–H groups in total. The summed E-state index contributed by atoms with van der Waals surface area (Å²) < 4.78 is 4.28. The van der Waals surface area contributed by atoms with E-state index >= 15 is 0 Å². The Morgan fingerprint density at radius 2 is 2.12 bits per heavy atom. The number of nitrogens with zero attached hydrogens (tertiary/aromatic N) is 5. The van der Waals surface area contributed by atoms with Crippen LogP contribution in [0.5, 0.6) is 0 Å². The maximum atomic E-state index is 12.3. The van der Waals surface area contributed by atoms with Crippen LogP contribution >= 0.6 is 23.1 Å². The molecule has 0 fully saturated rings. The Morgan fingerprint density at radius 1 is 1.29 bits per heavy atom. The SMILES string of the molecule is CCCCn1c(=O)[nH]c(=O)c2c1nc(CSc1nncs1)n2CC. The van der Waals surface area contributed by atoms with E-state index in [1.807, 2.05) is 11.5 Å². The second kappa shape index (κ2) is 7.31. The van der Waals surface area contributed by atoms with Crippen molar-refractivity contribution in [2.24, 2.45) is 0 Å². The molecule has 0 radical (unpaired) electrons. The third-order valence-electron chi connectivity index (χ3n) is 3.68. The van der Waals surface area contributed by atoms with E-state index in [-0.39, 0.29) is 5.56 Å². The minimum absolute atomic E-state index is 0.385. The Hall–Kier alpha value is -1.94. The van der Waals surface area contributed by atoms with E-state index in [0.29, 0.717) is 30.0 Å². The number of fused-ring (bicyclic) bond motifs is 1. The van der Waals surface area contributed by atoms with Gasteiger partial charge in [-0.15, -0.1) is 10.2 Å². The number of aromatic amines is 1. The number of hydrogen-bond donors (Lipinski definition) is 1. The average molecular weight is 366 g/mol. The van der Waals surface area contributed by atoms with Gasteiger partial charge in [-0.05, 0) is 13.3 Å². The van der Waals surface area contributed by atoms with Crippen LogP contribution in [-0.2, 0) is 18.8 Å². The maximum absolute atomic E-state index is 12.3. The fourth-order valence-electron chi connectivity index (χ4n) is 2.54. The fraction of sp³-hybridized carbons (Fsp3) is 0.500. The molecule has 0 saturated carbocycles. The standard InChI is InChI=1S/C14H18N6O2S2/c1-3-5-6-20-11-10(12(21)17-13(20)22)19(4-2)9(16-11)7-23-14-18-15-8-24-14/h8H,3-7H2,1-2H3,(H,17,21,22). The number of hydrogen-bond acceptors (Lipinski definition) is 7. The van der Waals surface area contributed by atoms with Crippen molar-refractivity contribution in [3.8, 4) is 0 Å². The molecule has 128 valence electrons. The average Bonchev–Trinajstić information content (AvgIpc) is 3.20. The quantitative estimate of drug-likeness (QED) is 0.641. The lowest BCUT2D eigenvalue weighted by molar-refractivity contribution is 0.613. The van der Waals surface area contributed by atoms with Gasteiger partial charge in [0, 0.05) is 13.1 Å². The number of thioether (sulfide) groups is 1. The largest absolute Gasteiger partial charge is 0.330 e. The van der Waals surface area contributed by atoms with Crippen LogP contribution in [0.1, 0.15) is 32.5 Å². The van der Waals surface area contributed by atoms with E-state index in [2.05, 4.69) is 27.1 Å². The third-order valence-corrected chi connectivity index (χ3v) is 5.54. The fourth-order valence-corrected chi connectivity index (χ4v) is 3.98. The molecule has 0 aliphatic carbocycles. The number of imidazole rings is 1. The predicted molar refractivity (Wildman–Crippen MR) is 94.7 cm³/mol. The van der Waals surface area contributed by atoms with Crippen LogP contribution in [0.2, 0.25) is 0 Å². The summed E-state index contributed by atoms with van der Waals surface area (Å²) in [6.45, 7) is 5.17. The summed E-state index contributed by atoms with van der Waals surface area (Å²) in [4.78, 5) is 31.5. The van der Waals surface area contributed by atoms with Gasteiger partial charge in [0.1, 0.15) is 11.3 Å². The molecular weight excluding hydrogens is 348 g/mol. The van der Waals surface area contributed by atoms with Crippen molar-refractivity contribution in [3.05, 3.63) is 32.2 Å². The van der Waals surface area contributed by atoms with Crippen LogP contribution in [0, 0.1) is 0 Å². The molecule has 0 aliphatic heterocycles. The van der Waals surface area contributed by atoms with Gasteiger partial charge in [0.05, 0.1) is 5.75 Å². The summed E-state index contributed by atoms with van der Waals surface area (Å²) in [5.74, 6) is 1.33. The molecule has 0 unspecified atom stereocenters. The number of H-pyrrole nitrogens is 1. The van der Waals surface area contributed by atoms with Gasteiger partial charge in [-0.1, -0.05) is 36.4 Å². The highest BCUT2D eigenvalue weighted by atomic mass is 32.2. The third kappa shape index (κ3) is 3.16. The van der Waals surface area contributed by atoms with Crippen molar-refractivity contribution in [3.63, 3.8) is 0 Å². The van der Waals surface area contributed by atoms with E-state index in [9.17, 15) is 9.59 Å². The smallest absolute Gasteiger partial charge is 0.322 e. The summed E-state index contributed by atoms with van der Waals surface area (Å²) in [5, 5.41) is 7.82. The Balaban J connectivity index is 2.08. The molecular formula is C14H18N6O2S2. The number of nitrogens with one attached hydrogen (secondary N) is 1. The van der Waals surface area contributed by atoms with E-state index in [0.717, 1.165) is 23.0 Å². The first-order valence-electron chi connectivity index (χ1n) is 7.76. The van der Waals surface area contributed by atoms with E-state index in [1.54, 1.807) is 10.1 Å². The lowest BCUT2D eigenvalue weighted by Gasteiger charge is -2.06. The zero-order chi connectivity index (χ0) is 17.1. The molecule has 0 aromatic carbocycles. The lowest BCUT2D eigenvalue weighted by Crippen LogP contribution is -2.31. The number of aromatic nitrogens is 6. The summed E-state index contributed by atoms with van der Waals surface area (Å²) in [6, 6.07) is 0. The number of rotatable bonds is 7. The summed E-state index contributed by atoms with van der Waals surface area (Å²) in [6.07, 6.45) is 1.82. The van der Waals surface area contributed by atoms with Gasteiger partial charge in [-0.25, -0.2) is 9.78 Å². The van der Waals surface area contributed by atoms with Crippen molar-refractivity contribution >= 4 is 34.3 Å². The summed E-state index contributed by atoms with van der Waals surface area (Å²) >= 11 is 2.98. The second-order valence-corrected chi connectivity index (χ2v) is 7.26. The highest BCUT2D eigenvalue weighted by Crippen LogP contribution is 2.24. The summed E-state index contributed by atoms with van der Waals surface area (Å²) in [7, 11) is 0. The molecule has 3 heterocycles. The van der Waals surface area contributed by atoms with Gasteiger partial charge >= 0.3 is 5.69 Å². The van der Waals surface area contributed by atoms with E-state index in [4.69, 9.17) is 0 Å². The van der Waals surface area contributed by atoms with Crippen LogP contribution in [0.3, 0.4) is 0 Å². The molecule has 3 aromatic heterocycles. The predicted octanol–water partition coefficient (Wildman–Crippen LogP) is 1.85. The van der Waals surface area contributed by atoms with Gasteiger partial charge < -0.3 is 4.57 Å². The lowest BCUT2D eigenvalue weighted by atomic mass is 10.3. The Bertz CT molecular complexity index is 941. The van der Waals surface area contributed by atoms with Crippen molar-refractivity contribution in [1.82, 2.24) is 29.3 Å². The van der Waals surface area contributed by atoms with E-state index < -0.39 is 5.69 Å². The van der Waals surface area contributed by atoms with E-state index in [1.165, 1.54) is 23.1 Å². The van der Waals surface area contributed by atoms with Crippen LogP contribution < -0.4 is 11.2 Å². The molecule has 8 nitrogen and oxygen atoms in total. The van der Waals surface area contributed by atoms with Gasteiger partial charge in [0.15, 0.2) is 15.5 Å². The molecule has 0 spiro atoms. The molecule has 10 heteroatoms. The van der Waals surface area contributed by atoms with Crippen molar-refractivity contribution in [2.75, 3.05) is 0 Å². The highest BCUT2D eigenvalue weighted by Gasteiger charge is 2.18. The van der Waals surface area contributed by atoms with Gasteiger partial charge in [-0.3, -0.25) is 14.3 Å². The normalized spacial score (nSPS) is 11.4. The Kier molecular flexibility index (Phi) is 5.14. The van der Waals surface area contributed by atoms with Crippen molar-refractivity contribution in [1.29, 1.82) is 0 Å². The van der Waals surface area contributed by atoms with Crippen LogP contribution in [-0.4, -0.2) is 29.3 Å². The topological polar surface area (TPSA) is 98.5 Å². The number of aryl methyl sites for hydroxylation is 2. The zero-order valence-electron chi connectivity index (χ0n) is 13.5. The molecule has 24 heavy (non-hydrogen) atoms. The van der Waals surface area contributed by atoms with Gasteiger partial charge in [0.2, 0.25) is 0 Å². The minimum atomic E-state index is -0.398. The maximum Gasteiger partial charge on any atom is 0.330 e.